The molecule has 1 aliphatic rings. The first-order chi connectivity index (χ1) is 11.1. The van der Waals surface area contributed by atoms with Gasteiger partial charge in [-0.15, -0.1) is 0 Å². The van der Waals surface area contributed by atoms with Gasteiger partial charge >= 0.3 is 0 Å². The lowest BCUT2D eigenvalue weighted by Crippen LogP contribution is -2.30. The van der Waals surface area contributed by atoms with Crippen LogP contribution in [0.15, 0.2) is 30.5 Å². The lowest BCUT2D eigenvalue weighted by molar-refractivity contribution is -0.0554. The molecule has 23 heavy (non-hydrogen) atoms. The van der Waals surface area contributed by atoms with Crippen molar-refractivity contribution < 1.29 is 9.57 Å². The summed E-state index contributed by atoms with van der Waals surface area (Å²) < 4.78 is 9.09. The standard InChI is InChI=1S/C17H22N2O2S2/c1-11-4-5-13-12(8-11)6-7-19(17(13)22)16-9-14(21-18-2)15(20-16)10-23-3/h4-8,14-16,18H,9-10H2,1-3H3/t14-,15?,16-/m1/s1. The zero-order valence-corrected chi connectivity index (χ0v) is 15.2. The number of aromatic nitrogens is 1. The Labute approximate surface area is 146 Å². The number of rotatable bonds is 5. The Morgan fingerprint density at radius 3 is 3.00 bits per heavy atom. The summed E-state index contributed by atoms with van der Waals surface area (Å²) in [7, 11) is 1.79. The molecule has 3 rings (SSSR count). The third-order valence-corrected chi connectivity index (χ3v) is 5.27. The largest absolute Gasteiger partial charge is 0.351 e. The van der Waals surface area contributed by atoms with E-state index in [1.807, 2.05) is 6.20 Å². The lowest BCUT2D eigenvalue weighted by atomic mass is 10.1. The minimum absolute atomic E-state index is 0.0352. The van der Waals surface area contributed by atoms with E-state index in [1.165, 1.54) is 10.9 Å². The Morgan fingerprint density at radius 2 is 2.26 bits per heavy atom. The van der Waals surface area contributed by atoms with E-state index in [0.29, 0.717) is 0 Å². The fourth-order valence-electron chi connectivity index (χ4n) is 3.07. The molecule has 0 radical (unpaired) electrons. The van der Waals surface area contributed by atoms with Gasteiger partial charge in [0.2, 0.25) is 0 Å². The van der Waals surface area contributed by atoms with Gasteiger partial charge in [-0.25, -0.2) is 5.48 Å². The lowest BCUT2D eigenvalue weighted by Gasteiger charge is -2.18. The smallest absolute Gasteiger partial charge is 0.137 e. The van der Waals surface area contributed by atoms with Crippen LogP contribution in [0.5, 0.6) is 0 Å². The van der Waals surface area contributed by atoms with Crippen molar-refractivity contribution >= 4 is 34.8 Å². The first-order valence-electron chi connectivity index (χ1n) is 7.72. The zero-order valence-electron chi connectivity index (χ0n) is 13.6. The molecule has 1 aromatic heterocycles. The number of aryl methyl sites for hydroxylation is 1. The Hall–Kier alpha value is -0.920. The number of fused-ring (bicyclic) bond motifs is 1. The van der Waals surface area contributed by atoms with Crippen LogP contribution < -0.4 is 5.48 Å². The molecule has 1 fully saturated rings. The number of hydrogen-bond donors (Lipinski definition) is 1. The Balaban J connectivity index is 1.93. The second-order valence-corrected chi connectivity index (χ2v) is 7.10. The summed E-state index contributed by atoms with van der Waals surface area (Å²) in [6, 6.07) is 8.46. The molecule has 0 amide bonds. The first-order valence-corrected chi connectivity index (χ1v) is 9.52. The van der Waals surface area contributed by atoms with Crippen molar-refractivity contribution in [2.24, 2.45) is 0 Å². The summed E-state index contributed by atoms with van der Waals surface area (Å²) in [6.07, 6.45) is 4.93. The number of hydroxylamine groups is 1. The van der Waals surface area contributed by atoms with Crippen molar-refractivity contribution in [1.29, 1.82) is 0 Å². The molecule has 1 unspecified atom stereocenters. The van der Waals surface area contributed by atoms with Crippen molar-refractivity contribution in [3.05, 3.63) is 40.7 Å². The van der Waals surface area contributed by atoms with Crippen molar-refractivity contribution in [2.75, 3.05) is 19.1 Å². The topological polar surface area (TPSA) is 35.4 Å². The van der Waals surface area contributed by atoms with Crippen LogP contribution in [0.3, 0.4) is 0 Å². The normalized spacial score (nSPS) is 24.4. The molecule has 2 aromatic rings. The quantitative estimate of drug-likeness (QED) is 0.655. The number of thioether (sulfide) groups is 1. The van der Waals surface area contributed by atoms with Gasteiger partial charge in [-0.05, 0) is 24.6 Å². The average Bonchev–Trinajstić information content (AvgIpc) is 2.91. The first kappa shape index (κ1) is 16.9. The van der Waals surface area contributed by atoms with Crippen LogP contribution in [0.25, 0.3) is 10.8 Å². The van der Waals surface area contributed by atoms with E-state index in [9.17, 15) is 0 Å². The second-order valence-electron chi connectivity index (χ2n) is 5.80. The summed E-state index contributed by atoms with van der Waals surface area (Å²) in [6.45, 7) is 2.09. The number of benzene rings is 1. The summed E-state index contributed by atoms with van der Waals surface area (Å²) in [4.78, 5) is 5.63. The number of nitrogens with one attached hydrogen (secondary N) is 1. The number of hydrogen-bond acceptors (Lipinski definition) is 5. The molecule has 3 atom stereocenters. The number of pyridine rings is 1. The van der Waals surface area contributed by atoms with Crippen LogP contribution in [0.4, 0.5) is 0 Å². The molecule has 4 nitrogen and oxygen atoms in total. The molecule has 1 aromatic carbocycles. The summed E-state index contributed by atoms with van der Waals surface area (Å²) in [5.74, 6) is 0.906. The molecule has 0 aliphatic carbocycles. The molecular formula is C17H22N2O2S2. The van der Waals surface area contributed by atoms with Gasteiger partial charge in [0.05, 0.1) is 6.10 Å². The molecule has 1 N–H and O–H groups in total. The molecule has 2 heterocycles. The maximum atomic E-state index is 6.22. The molecule has 0 bridgehead atoms. The van der Waals surface area contributed by atoms with Crippen LogP contribution in [-0.4, -0.2) is 35.8 Å². The van der Waals surface area contributed by atoms with Gasteiger partial charge in [-0.3, -0.25) is 4.84 Å². The van der Waals surface area contributed by atoms with Crippen LogP contribution in [0, 0.1) is 11.6 Å². The molecule has 1 aliphatic heterocycles. The maximum Gasteiger partial charge on any atom is 0.137 e. The van der Waals surface area contributed by atoms with Gasteiger partial charge in [0.1, 0.15) is 17.0 Å². The molecule has 1 saturated heterocycles. The van der Waals surface area contributed by atoms with Gasteiger partial charge in [0.15, 0.2) is 0 Å². The predicted octanol–water partition coefficient (Wildman–Crippen LogP) is 3.85. The highest BCUT2D eigenvalue weighted by atomic mass is 32.2. The van der Waals surface area contributed by atoms with E-state index >= 15 is 0 Å². The molecule has 6 heteroatoms. The van der Waals surface area contributed by atoms with Crippen molar-refractivity contribution in [3.63, 3.8) is 0 Å². The van der Waals surface area contributed by atoms with E-state index in [4.69, 9.17) is 21.8 Å². The van der Waals surface area contributed by atoms with E-state index in [-0.39, 0.29) is 18.4 Å². The summed E-state index contributed by atoms with van der Waals surface area (Å²) in [5, 5.41) is 2.27. The fraction of sp³-hybridized carbons (Fsp3) is 0.471. The van der Waals surface area contributed by atoms with Crippen LogP contribution in [-0.2, 0) is 9.57 Å². The Bertz CT molecular complexity index is 733. The summed E-state index contributed by atoms with van der Waals surface area (Å²) in [5.41, 5.74) is 4.04. The molecule has 124 valence electrons. The number of nitrogens with zero attached hydrogens (tertiary/aromatic N) is 1. The third-order valence-electron chi connectivity index (χ3n) is 4.18. The monoisotopic (exact) mass is 350 g/mol. The van der Waals surface area contributed by atoms with Gasteiger partial charge in [0, 0.05) is 30.8 Å². The summed E-state index contributed by atoms with van der Waals surface area (Å²) >= 11 is 7.47. The minimum atomic E-state index is -0.0799. The highest BCUT2D eigenvalue weighted by Gasteiger charge is 2.37. The molecular weight excluding hydrogens is 328 g/mol. The van der Waals surface area contributed by atoms with E-state index in [1.54, 1.807) is 18.8 Å². The number of ether oxygens (including phenoxy) is 1. The molecule has 0 saturated carbocycles. The van der Waals surface area contributed by atoms with Crippen LogP contribution >= 0.6 is 24.0 Å². The van der Waals surface area contributed by atoms with Crippen molar-refractivity contribution in [3.8, 4) is 0 Å². The van der Waals surface area contributed by atoms with Crippen LogP contribution in [0.1, 0.15) is 18.2 Å². The Morgan fingerprint density at radius 1 is 1.43 bits per heavy atom. The third kappa shape index (κ3) is 3.46. The van der Waals surface area contributed by atoms with Gasteiger partial charge in [-0.2, -0.15) is 11.8 Å². The van der Waals surface area contributed by atoms with Crippen molar-refractivity contribution in [1.82, 2.24) is 10.0 Å². The van der Waals surface area contributed by atoms with Gasteiger partial charge < -0.3 is 9.30 Å². The maximum absolute atomic E-state index is 6.22. The second kappa shape index (κ2) is 7.32. The highest BCUT2D eigenvalue weighted by Crippen LogP contribution is 2.33. The SMILES string of the molecule is CNO[C@@H]1C[C@H](n2ccc3cc(C)ccc3c2=S)OC1CSC. The predicted molar refractivity (Wildman–Crippen MR) is 98.4 cm³/mol. The highest BCUT2D eigenvalue weighted by molar-refractivity contribution is 7.98. The Kier molecular flexibility index (Phi) is 5.38. The van der Waals surface area contributed by atoms with Gasteiger partial charge in [-0.1, -0.05) is 36.0 Å². The van der Waals surface area contributed by atoms with Gasteiger partial charge in [0.25, 0.3) is 0 Å². The zero-order chi connectivity index (χ0) is 16.4. The van der Waals surface area contributed by atoms with E-state index in [2.05, 4.69) is 47.5 Å². The van der Waals surface area contributed by atoms with E-state index in [0.717, 1.165) is 22.2 Å². The molecule has 0 spiro atoms. The minimum Gasteiger partial charge on any atom is -0.351 e. The fourth-order valence-corrected chi connectivity index (χ4v) is 4.06. The van der Waals surface area contributed by atoms with E-state index < -0.39 is 0 Å². The van der Waals surface area contributed by atoms with Crippen molar-refractivity contribution in [2.45, 2.75) is 31.8 Å². The average molecular weight is 351 g/mol. The van der Waals surface area contributed by atoms with Crippen LogP contribution in [0.2, 0.25) is 0 Å².